The van der Waals surface area contributed by atoms with Crippen molar-refractivity contribution in [2.24, 2.45) is 4.99 Å². The zero-order valence-electron chi connectivity index (χ0n) is 17.6. The number of nitrogens with one attached hydrogen (secondary N) is 2. The molecule has 0 aliphatic heterocycles. The Hall–Kier alpha value is -3.07. The van der Waals surface area contributed by atoms with E-state index in [2.05, 4.69) is 107 Å². The molecule has 0 saturated carbocycles. The first-order chi connectivity index (χ1) is 13.3. The second-order valence-electron chi connectivity index (χ2n) is 7.64. The molecule has 144 valence electrons. The molecule has 0 unspecified atom stereocenters. The average molecular weight is 372 g/mol. The van der Waals surface area contributed by atoms with E-state index < -0.39 is 0 Å². The highest BCUT2D eigenvalue weighted by atomic mass is 15.2. The lowest BCUT2D eigenvalue weighted by molar-refractivity contribution is 1.32. The van der Waals surface area contributed by atoms with Crippen molar-refractivity contribution in [3.63, 3.8) is 0 Å². The predicted octanol–water partition coefficient (Wildman–Crippen LogP) is 6.75. The fourth-order valence-corrected chi connectivity index (χ4v) is 3.04. The summed E-state index contributed by atoms with van der Waals surface area (Å²) < 4.78 is 0. The van der Waals surface area contributed by atoms with Crippen LogP contribution in [0.4, 0.5) is 17.1 Å². The number of hydrogen-bond donors (Lipinski definition) is 2. The van der Waals surface area contributed by atoms with Gasteiger partial charge in [0.1, 0.15) is 0 Å². The summed E-state index contributed by atoms with van der Waals surface area (Å²) in [4.78, 5) is 4.95. The minimum atomic E-state index is 0.719. The maximum Gasteiger partial charge on any atom is 0.205 e. The van der Waals surface area contributed by atoms with Gasteiger partial charge in [-0.3, -0.25) is 0 Å². The third-order valence-electron chi connectivity index (χ3n) is 4.89. The highest BCUT2D eigenvalue weighted by Gasteiger charge is 2.08. The Balaban J connectivity index is 2.05. The van der Waals surface area contributed by atoms with E-state index in [1.807, 2.05) is 0 Å². The molecule has 0 radical (unpaired) electrons. The molecular formula is C25H29N3. The molecule has 2 N–H and O–H groups in total. The topological polar surface area (TPSA) is 36.4 Å². The van der Waals surface area contributed by atoms with E-state index in [1.54, 1.807) is 0 Å². The predicted molar refractivity (Wildman–Crippen MR) is 122 cm³/mol. The second kappa shape index (κ2) is 8.30. The average Bonchev–Trinajstić information content (AvgIpc) is 2.64. The summed E-state index contributed by atoms with van der Waals surface area (Å²) in [6.45, 7) is 12.6. The van der Waals surface area contributed by atoms with Gasteiger partial charge >= 0.3 is 0 Å². The lowest BCUT2D eigenvalue weighted by Crippen LogP contribution is -2.23. The molecule has 0 fully saturated rings. The van der Waals surface area contributed by atoms with Crippen molar-refractivity contribution < 1.29 is 0 Å². The first-order valence-electron chi connectivity index (χ1n) is 9.66. The minimum absolute atomic E-state index is 0.719. The van der Waals surface area contributed by atoms with Crippen LogP contribution in [-0.2, 0) is 0 Å². The highest BCUT2D eigenvalue weighted by molar-refractivity contribution is 6.05. The molecule has 0 amide bonds. The maximum atomic E-state index is 4.95. The fraction of sp³-hybridized carbons (Fsp3) is 0.240. The molecule has 0 heterocycles. The summed E-state index contributed by atoms with van der Waals surface area (Å²) in [6.07, 6.45) is 0. The number of aryl methyl sites for hydroxylation is 6. The van der Waals surface area contributed by atoms with Crippen molar-refractivity contribution in [3.8, 4) is 0 Å². The van der Waals surface area contributed by atoms with Crippen LogP contribution in [0.5, 0.6) is 0 Å². The van der Waals surface area contributed by atoms with E-state index in [4.69, 9.17) is 4.99 Å². The third kappa shape index (κ3) is 4.80. The van der Waals surface area contributed by atoms with Gasteiger partial charge in [-0.2, -0.15) is 0 Å². The Kier molecular flexibility index (Phi) is 5.84. The van der Waals surface area contributed by atoms with Crippen LogP contribution in [0.15, 0.2) is 59.6 Å². The van der Waals surface area contributed by atoms with Gasteiger partial charge in [0.2, 0.25) is 5.96 Å². The van der Waals surface area contributed by atoms with Gasteiger partial charge < -0.3 is 10.6 Å². The second-order valence-corrected chi connectivity index (χ2v) is 7.64. The molecular weight excluding hydrogens is 342 g/mol. The minimum Gasteiger partial charge on any atom is -0.326 e. The molecule has 0 saturated heterocycles. The van der Waals surface area contributed by atoms with Crippen LogP contribution in [0.1, 0.15) is 33.4 Å². The van der Waals surface area contributed by atoms with Gasteiger partial charge in [-0.15, -0.1) is 0 Å². The highest BCUT2D eigenvalue weighted by Crippen LogP contribution is 2.23. The summed E-state index contributed by atoms with van der Waals surface area (Å²) in [5.74, 6) is 0.719. The summed E-state index contributed by atoms with van der Waals surface area (Å²) >= 11 is 0. The van der Waals surface area contributed by atoms with Crippen LogP contribution in [0.3, 0.4) is 0 Å². The zero-order chi connectivity index (χ0) is 20.3. The summed E-state index contributed by atoms with van der Waals surface area (Å²) in [5, 5.41) is 7.03. The molecule has 0 atom stereocenters. The maximum absolute atomic E-state index is 4.95. The van der Waals surface area contributed by atoms with Crippen LogP contribution in [0.25, 0.3) is 0 Å². The molecule has 3 rings (SSSR count). The number of nitrogens with zero attached hydrogens (tertiary/aromatic N) is 1. The van der Waals surface area contributed by atoms with Crippen molar-refractivity contribution in [2.75, 3.05) is 10.6 Å². The SMILES string of the molecule is Cc1ccc(C)c(N=C(Nc2cc(C)ccc2C)Nc2cc(C)ccc2C)c1. The van der Waals surface area contributed by atoms with Crippen molar-refractivity contribution in [1.82, 2.24) is 0 Å². The number of anilines is 2. The van der Waals surface area contributed by atoms with Crippen LogP contribution in [-0.4, -0.2) is 5.96 Å². The quantitative estimate of drug-likeness (QED) is 0.395. The van der Waals surface area contributed by atoms with Gasteiger partial charge in [-0.05, 0) is 93.1 Å². The number of rotatable bonds is 3. The van der Waals surface area contributed by atoms with E-state index in [1.165, 1.54) is 27.8 Å². The summed E-state index contributed by atoms with van der Waals surface area (Å²) in [7, 11) is 0. The van der Waals surface area contributed by atoms with Gasteiger partial charge in [-0.25, -0.2) is 4.99 Å². The molecule has 0 aliphatic rings. The molecule has 0 bridgehead atoms. The van der Waals surface area contributed by atoms with Crippen LogP contribution >= 0.6 is 0 Å². The van der Waals surface area contributed by atoms with Crippen LogP contribution < -0.4 is 10.6 Å². The van der Waals surface area contributed by atoms with Crippen molar-refractivity contribution in [2.45, 2.75) is 41.5 Å². The molecule has 0 spiro atoms. The van der Waals surface area contributed by atoms with Crippen molar-refractivity contribution in [3.05, 3.63) is 88.0 Å². The van der Waals surface area contributed by atoms with E-state index in [0.29, 0.717) is 0 Å². The Morgan fingerprint density at radius 3 is 1.50 bits per heavy atom. The smallest absolute Gasteiger partial charge is 0.205 e. The Bertz CT molecular complexity index is 976. The Morgan fingerprint density at radius 2 is 1.00 bits per heavy atom. The Labute approximate surface area is 168 Å². The van der Waals surface area contributed by atoms with E-state index in [0.717, 1.165) is 28.6 Å². The molecule has 3 aromatic carbocycles. The van der Waals surface area contributed by atoms with Crippen molar-refractivity contribution in [1.29, 1.82) is 0 Å². The monoisotopic (exact) mass is 371 g/mol. The van der Waals surface area contributed by atoms with E-state index >= 15 is 0 Å². The number of aliphatic imine (C=N–C) groups is 1. The van der Waals surface area contributed by atoms with Crippen LogP contribution in [0.2, 0.25) is 0 Å². The molecule has 3 heteroatoms. The Morgan fingerprint density at radius 1 is 0.571 bits per heavy atom. The van der Waals surface area contributed by atoms with Gasteiger partial charge in [0, 0.05) is 11.4 Å². The lowest BCUT2D eigenvalue weighted by Gasteiger charge is -2.17. The van der Waals surface area contributed by atoms with Gasteiger partial charge in [-0.1, -0.05) is 36.4 Å². The largest absolute Gasteiger partial charge is 0.326 e. The van der Waals surface area contributed by atoms with Crippen molar-refractivity contribution >= 4 is 23.0 Å². The zero-order valence-corrected chi connectivity index (χ0v) is 17.6. The summed E-state index contributed by atoms with van der Waals surface area (Å²) in [6, 6.07) is 19.2. The molecule has 0 aliphatic carbocycles. The lowest BCUT2D eigenvalue weighted by atomic mass is 10.1. The molecule has 0 aromatic heterocycles. The molecule has 28 heavy (non-hydrogen) atoms. The van der Waals surface area contributed by atoms with Gasteiger partial charge in [0.25, 0.3) is 0 Å². The normalized spacial score (nSPS) is 10.5. The molecule has 3 aromatic rings. The standard InChI is InChI=1S/C25H29N3/c1-16-7-10-19(4)22(13-16)26-25(27-23-14-17(2)8-11-20(23)5)28-24-15-18(3)9-12-21(24)6/h7-15H,1-6H3,(H2,26,27,28). The first-order valence-corrected chi connectivity index (χ1v) is 9.66. The number of hydrogen-bond acceptors (Lipinski definition) is 1. The summed E-state index contributed by atoms with van der Waals surface area (Å²) in [5.41, 5.74) is 10.2. The molecule has 3 nitrogen and oxygen atoms in total. The fourth-order valence-electron chi connectivity index (χ4n) is 3.04. The first kappa shape index (κ1) is 19.7. The van der Waals surface area contributed by atoms with Gasteiger partial charge in [0.15, 0.2) is 0 Å². The number of benzene rings is 3. The van der Waals surface area contributed by atoms with Crippen LogP contribution in [0, 0.1) is 41.5 Å². The third-order valence-corrected chi connectivity index (χ3v) is 4.89. The van der Waals surface area contributed by atoms with E-state index in [9.17, 15) is 0 Å². The van der Waals surface area contributed by atoms with E-state index in [-0.39, 0.29) is 0 Å². The number of guanidine groups is 1. The van der Waals surface area contributed by atoms with Gasteiger partial charge in [0.05, 0.1) is 5.69 Å².